The summed E-state index contributed by atoms with van der Waals surface area (Å²) in [5.41, 5.74) is -0.00349. The summed E-state index contributed by atoms with van der Waals surface area (Å²) >= 11 is 0. The van der Waals surface area contributed by atoms with Gasteiger partial charge in [0.1, 0.15) is 6.33 Å². The molecule has 0 saturated heterocycles. The first-order valence-corrected chi connectivity index (χ1v) is 7.72. The van der Waals surface area contributed by atoms with Gasteiger partial charge in [0, 0.05) is 11.1 Å². The number of nitrogens with zero attached hydrogens (tertiary/aromatic N) is 4. The number of nitrogens with one attached hydrogen (secondary N) is 1. The SMILES string of the molecule is O=C(NCC#Cc1ccccc1C(F)(F)F)c1cccc(-n2cnnn2)c1. The normalized spacial score (nSPS) is 10.8. The fraction of sp³-hybridized carbons (Fsp3) is 0.111. The molecule has 0 aliphatic carbocycles. The third-order valence-corrected chi connectivity index (χ3v) is 3.51. The fourth-order valence-corrected chi connectivity index (χ4v) is 2.27. The Morgan fingerprint density at radius 1 is 1.15 bits per heavy atom. The van der Waals surface area contributed by atoms with Crippen molar-refractivity contribution in [2.75, 3.05) is 6.54 Å². The predicted octanol–water partition coefficient (Wildman–Crippen LogP) is 2.46. The van der Waals surface area contributed by atoms with Crippen molar-refractivity contribution in [2.45, 2.75) is 6.18 Å². The molecule has 2 aromatic carbocycles. The van der Waals surface area contributed by atoms with Crippen LogP contribution in [0, 0.1) is 11.8 Å². The van der Waals surface area contributed by atoms with Crippen LogP contribution in [-0.2, 0) is 6.18 Å². The summed E-state index contributed by atoms with van der Waals surface area (Å²) in [5, 5.41) is 13.3. The highest BCUT2D eigenvalue weighted by atomic mass is 19.4. The molecule has 0 unspecified atom stereocenters. The molecule has 0 spiro atoms. The van der Waals surface area contributed by atoms with Crippen LogP contribution in [0.3, 0.4) is 0 Å². The van der Waals surface area contributed by atoms with E-state index in [1.165, 1.54) is 29.2 Å². The summed E-state index contributed by atoms with van der Waals surface area (Å²) in [4.78, 5) is 12.2. The van der Waals surface area contributed by atoms with Gasteiger partial charge in [-0.15, -0.1) is 5.10 Å². The lowest BCUT2D eigenvalue weighted by Gasteiger charge is -2.08. The molecule has 0 radical (unpaired) electrons. The van der Waals surface area contributed by atoms with Crippen molar-refractivity contribution < 1.29 is 18.0 Å². The lowest BCUT2D eigenvalue weighted by molar-refractivity contribution is -0.137. The molecule has 1 aromatic heterocycles. The Morgan fingerprint density at radius 2 is 1.96 bits per heavy atom. The highest BCUT2D eigenvalue weighted by Crippen LogP contribution is 2.31. The molecule has 0 bridgehead atoms. The Kier molecular flexibility index (Phi) is 5.17. The lowest BCUT2D eigenvalue weighted by Crippen LogP contribution is -2.23. The molecule has 1 amide bonds. The number of benzene rings is 2. The maximum Gasteiger partial charge on any atom is 0.417 e. The smallest absolute Gasteiger partial charge is 0.341 e. The van der Waals surface area contributed by atoms with Crippen molar-refractivity contribution in [1.82, 2.24) is 25.5 Å². The van der Waals surface area contributed by atoms with Gasteiger partial charge in [0.2, 0.25) is 0 Å². The van der Waals surface area contributed by atoms with Gasteiger partial charge in [-0.1, -0.05) is 30.0 Å². The van der Waals surface area contributed by atoms with Gasteiger partial charge in [-0.2, -0.15) is 13.2 Å². The van der Waals surface area contributed by atoms with E-state index in [4.69, 9.17) is 0 Å². The standard InChI is InChI=1S/C18H12F3N5O/c19-18(20,21)16-9-2-1-5-13(16)7-4-10-22-17(27)14-6-3-8-15(11-14)26-12-23-24-25-26/h1-3,5-6,8-9,11-12H,10H2,(H,22,27). The Bertz CT molecular complexity index is 1000. The minimum absolute atomic E-state index is 0.0971. The van der Waals surface area contributed by atoms with E-state index in [2.05, 4.69) is 32.7 Å². The number of rotatable bonds is 3. The van der Waals surface area contributed by atoms with Gasteiger partial charge < -0.3 is 5.32 Å². The first-order chi connectivity index (χ1) is 12.9. The number of carbonyl (C=O) groups is 1. The van der Waals surface area contributed by atoms with Crippen molar-refractivity contribution in [3.05, 3.63) is 71.5 Å². The monoisotopic (exact) mass is 371 g/mol. The van der Waals surface area contributed by atoms with Crippen LogP contribution >= 0.6 is 0 Å². The van der Waals surface area contributed by atoms with Crippen LogP contribution in [0.15, 0.2) is 54.9 Å². The van der Waals surface area contributed by atoms with E-state index in [9.17, 15) is 18.0 Å². The van der Waals surface area contributed by atoms with E-state index in [0.717, 1.165) is 6.07 Å². The second-order valence-electron chi connectivity index (χ2n) is 5.33. The molecule has 1 N–H and O–H groups in total. The molecular formula is C18H12F3N5O. The Labute approximate surface area is 152 Å². The molecule has 0 aliphatic rings. The molecule has 0 saturated carbocycles. The van der Waals surface area contributed by atoms with Crippen LogP contribution in [0.4, 0.5) is 13.2 Å². The maximum atomic E-state index is 12.9. The van der Waals surface area contributed by atoms with Crippen LogP contribution in [0.2, 0.25) is 0 Å². The summed E-state index contributed by atoms with van der Waals surface area (Å²) in [6.07, 6.45) is -3.09. The molecule has 1 heterocycles. The van der Waals surface area contributed by atoms with Crippen LogP contribution in [0.25, 0.3) is 5.69 Å². The van der Waals surface area contributed by atoms with E-state index in [1.54, 1.807) is 24.3 Å². The van der Waals surface area contributed by atoms with Crippen LogP contribution in [0.1, 0.15) is 21.5 Å². The lowest BCUT2D eigenvalue weighted by atomic mass is 10.1. The topological polar surface area (TPSA) is 72.7 Å². The van der Waals surface area contributed by atoms with E-state index in [0.29, 0.717) is 11.3 Å². The van der Waals surface area contributed by atoms with Gasteiger partial charge in [0.05, 0.1) is 17.8 Å². The highest BCUT2D eigenvalue weighted by Gasteiger charge is 2.32. The van der Waals surface area contributed by atoms with Gasteiger partial charge in [-0.05, 0) is 40.8 Å². The number of hydrogen-bond acceptors (Lipinski definition) is 4. The molecule has 0 atom stereocenters. The molecule has 3 aromatic rings. The molecule has 6 nitrogen and oxygen atoms in total. The second-order valence-corrected chi connectivity index (χ2v) is 5.33. The van der Waals surface area contributed by atoms with Gasteiger partial charge in [0.15, 0.2) is 0 Å². The molecule has 0 aliphatic heterocycles. The van der Waals surface area contributed by atoms with Gasteiger partial charge in [0.25, 0.3) is 5.91 Å². The zero-order valence-electron chi connectivity index (χ0n) is 13.7. The van der Waals surface area contributed by atoms with Crippen molar-refractivity contribution in [3.63, 3.8) is 0 Å². The zero-order chi connectivity index (χ0) is 19.3. The van der Waals surface area contributed by atoms with Gasteiger partial charge in [-0.3, -0.25) is 4.79 Å². The summed E-state index contributed by atoms with van der Waals surface area (Å²) in [5.74, 6) is 4.57. The van der Waals surface area contributed by atoms with Gasteiger partial charge in [-0.25, -0.2) is 4.68 Å². The average molecular weight is 371 g/mol. The molecular weight excluding hydrogens is 359 g/mol. The molecule has 27 heavy (non-hydrogen) atoms. The number of hydrogen-bond donors (Lipinski definition) is 1. The highest BCUT2D eigenvalue weighted by molar-refractivity contribution is 5.94. The van der Waals surface area contributed by atoms with Crippen LogP contribution in [0.5, 0.6) is 0 Å². The Hall–Kier alpha value is -3.67. The first-order valence-electron chi connectivity index (χ1n) is 7.72. The largest absolute Gasteiger partial charge is 0.417 e. The number of tetrazole rings is 1. The average Bonchev–Trinajstić information content (AvgIpc) is 3.19. The molecule has 136 valence electrons. The maximum absolute atomic E-state index is 12.9. The number of alkyl halides is 3. The number of carbonyl (C=O) groups excluding carboxylic acids is 1. The third-order valence-electron chi connectivity index (χ3n) is 3.51. The minimum atomic E-state index is -4.48. The Balaban J connectivity index is 1.67. The zero-order valence-corrected chi connectivity index (χ0v) is 13.7. The van der Waals surface area contributed by atoms with E-state index >= 15 is 0 Å². The second kappa shape index (κ2) is 7.70. The summed E-state index contributed by atoms with van der Waals surface area (Å²) < 4.78 is 40.1. The van der Waals surface area contributed by atoms with Crippen molar-refractivity contribution in [2.24, 2.45) is 0 Å². The van der Waals surface area contributed by atoms with Crippen molar-refractivity contribution in [1.29, 1.82) is 0 Å². The summed E-state index contributed by atoms with van der Waals surface area (Å²) in [6.45, 7) is -0.0971. The Morgan fingerprint density at radius 3 is 2.70 bits per heavy atom. The van der Waals surface area contributed by atoms with Gasteiger partial charge >= 0.3 is 6.18 Å². The molecule has 0 fully saturated rings. The fourth-order valence-electron chi connectivity index (χ4n) is 2.27. The van der Waals surface area contributed by atoms with Crippen molar-refractivity contribution >= 4 is 5.91 Å². The third kappa shape index (κ3) is 4.49. The molecule has 9 heteroatoms. The summed E-state index contributed by atoms with van der Waals surface area (Å²) in [7, 11) is 0. The first kappa shape index (κ1) is 18.1. The quantitative estimate of drug-likeness (QED) is 0.718. The predicted molar refractivity (Wildman–Crippen MR) is 89.8 cm³/mol. The number of aromatic nitrogens is 4. The van der Waals surface area contributed by atoms with E-state index in [-0.39, 0.29) is 12.1 Å². The molecule has 3 rings (SSSR count). The minimum Gasteiger partial charge on any atom is -0.341 e. The van der Waals surface area contributed by atoms with Crippen molar-refractivity contribution in [3.8, 4) is 17.5 Å². The number of amides is 1. The summed E-state index contributed by atoms with van der Waals surface area (Å²) in [6, 6.07) is 11.6. The number of halogens is 3. The van der Waals surface area contributed by atoms with E-state index in [1.807, 2.05) is 0 Å². The van der Waals surface area contributed by atoms with Crippen LogP contribution in [-0.4, -0.2) is 32.7 Å². The van der Waals surface area contributed by atoms with Crippen LogP contribution < -0.4 is 5.32 Å². The van der Waals surface area contributed by atoms with E-state index < -0.39 is 17.6 Å².